The van der Waals surface area contributed by atoms with Gasteiger partial charge in [-0.2, -0.15) is 0 Å². The molecule has 0 radical (unpaired) electrons. The van der Waals surface area contributed by atoms with Crippen LogP contribution in [0.15, 0.2) is 18.2 Å². The lowest BCUT2D eigenvalue weighted by molar-refractivity contribution is -0.138. The van der Waals surface area contributed by atoms with E-state index < -0.39 is 12.0 Å². The fourth-order valence-corrected chi connectivity index (χ4v) is 2.11. The molecule has 2 rings (SSSR count). The van der Waals surface area contributed by atoms with Crippen LogP contribution < -0.4 is 5.32 Å². The lowest BCUT2D eigenvalue weighted by Gasteiger charge is -2.14. The number of nitrogens with zero attached hydrogens (tertiary/aromatic N) is 2. The van der Waals surface area contributed by atoms with Gasteiger partial charge in [-0.25, -0.2) is 14.2 Å². The molecule has 0 saturated carbocycles. The van der Waals surface area contributed by atoms with Crippen molar-refractivity contribution >= 4 is 23.0 Å². The van der Waals surface area contributed by atoms with Crippen LogP contribution in [0.2, 0.25) is 0 Å². The first-order valence-corrected chi connectivity index (χ1v) is 6.64. The molecule has 0 saturated heterocycles. The van der Waals surface area contributed by atoms with Gasteiger partial charge in [0.1, 0.15) is 11.9 Å². The van der Waals surface area contributed by atoms with Crippen LogP contribution in [0.1, 0.15) is 26.2 Å². The van der Waals surface area contributed by atoms with Crippen molar-refractivity contribution in [3.05, 3.63) is 24.0 Å². The van der Waals surface area contributed by atoms with Crippen LogP contribution in [0.4, 0.5) is 10.3 Å². The molecule has 1 aromatic carbocycles. The summed E-state index contributed by atoms with van der Waals surface area (Å²) in [7, 11) is 1.73. The van der Waals surface area contributed by atoms with E-state index in [-0.39, 0.29) is 5.82 Å². The fourth-order valence-electron chi connectivity index (χ4n) is 2.11. The number of hydrogen-bond acceptors (Lipinski definition) is 3. The number of aryl methyl sites for hydroxylation is 1. The Morgan fingerprint density at radius 2 is 2.30 bits per heavy atom. The molecule has 0 bridgehead atoms. The van der Waals surface area contributed by atoms with E-state index in [9.17, 15) is 14.3 Å². The van der Waals surface area contributed by atoms with Crippen LogP contribution in [0.3, 0.4) is 0 Å². The number of rotatable bonds is 6. The Balaban J connectivity index is 2.27. The molecule has 2 aromatic rings. The maximum absolute atomic E-state index is 13.2. The second kappa shape index (κ2) is 5.90. The third-order valence-electron chi connectivity index (χ3n) is 3.29. The monoisotopic (exact) mass is 279 g/mol. The highest BCUT2D eigenvalue weighted by atomic mass is 19.1. The van der Waals surface area contributed by atoms with E-state index in [1.54, 1.807) is 17.7 Å². The topological polar surface area (TPSA) is 67.2 Å². The Morgan fingerprint density at radius 1 is 1.55 bits per heavy atom. The number of fused-ring (bicyclic) bond motifs is 1. The molecule has 1 atom stereocenters. The molecule has 0 aliphatic carbocycles. The second-order valence-electron chi connectivity index (χ2n) is 4.80. The van der Waals surface area contributed by atoms with Crippen LogP contribution in [0.5, 0.6) is 0 Å². The summed E-state index contributed by atoms with van der Waals surface area (Å²) >= 11 is 0. The van der Waals surface area contributed by atoms with E-state index in [0.717, 1.165) is 12.8 Å². The van der Waals surface area contributed by atoms with Crippen LogP contribution in [0, 0.1) is 5.82 Å². The molecule has 1 aromatic heterocycles. The second-order valence-corrected chi connectivity index (χ2v) is 4.80. The van der Waals surface area contributed by atoms with Crippen molar-refractivity contribution in [2.24, 2.45) is 7.05 Å². The van der Waals surface area contributed by atoms with Crippen molar-refractivity contribution in [1.29, 1.82) is 0 Å². The molecule has 0 aliphatic heterocycles. The minimum Gasteiger partial charge on any atom is -0.480 e. The molecule has 5 nitrogen and oxygen atoms in total. The number of halogens is 1. The van der Waals surface area contributed by atoms with Crippen LogP contribution in [-0.2, 0) is 11.8 Å². The Labute approximate surface area is 116 Å². The van der Waals surface area contributed by atoms with Gasteiger partial charge in [-0.05, 0) is 24.6 Å². The van der Waals surface area contributed by atoms with Crippen molar-refractivity contribution in [3.8, 4) is 0 Å². The zero-order chi connectivity index (χ0) is 14.7. The number of imidazole rings is 1. The number of unbranched alkanes of at least 4 members (excludes halogenated alkanes) is 1. The number of carboxylic acid groups (broad SMARTS) is 1. The molecule has 20 heavy (non-hydrogen) atoms. The highest BCUT2D eigenvalue weighted by Gasteiger charge is 2.19. The van der Waals surface area contributed by atoms with E-state index in [2.05, 4.69) is 10.3 Å². The van der Waals surface area contributed by atoms with Crippen LogP contribution in [-0.4, -0.2) is 26.7 Å². The third kappa shape index (κ3) is 2.89. The molecule has 1 unspecified atom stereocenters. The summed E-state index contributed by atoms with van der Waals surface area (Å²) in [5.41, 5.74) is 1.27. The molecule has 0 aliphatic rings. The Morgan fingerprint density at radius 3 is 2.95 bits per heavy atom. The smallest absolute Gasteiger partial charge is 0.326 e. The molecule has 108 valence electrons. The predicted octanol–water partition coefficient (Wildman–Crippen LogP) is 2.77. The standard InChI is InChI=1S/C14H18FN3O2/c1-3-4-5-11(13(19)20)17-14-16-10-7-6-9(15)8-12(10)18(14)2/h6-8,11H,3-5H2,1-2H3,(H,16,17)(H,19,20). The number of carbonyl (C=O) groups is 1. The van der Waals surface area contributed by atoms with Gasteiger partial charge in [-0.1, -0.05) is 19.8 Å². The van der Waals surface area contributed by atoms with Crippen molar-refractivity contribution in [3.63, 3.8) is 0 Å². The average Bonchev–Trinajstić information content (AvgIpc) is 2.71. The number of anilines is 1. The van der Waals surface area contributed by atoms with Gasteiger partial charge in [0, 0.05) is 7.05 Å². The Kier molecular flexibility index (Phi) is 4.22. The molecule has 1 heterocycles. The number of nitrogens with one attached hydrogen (secondary N) is 1. The number of benzene rings is 1. The largest absolute Gasteiger partial charge is 0.480 e. The summed E-state index contributed by atoms with van der Waals surface area (Å²) in [4.78, 5) is 15.5. The number of aliphatic carboxylic acids is 1. The summed E-state index contributed by atoms with van der Waals surface area (Å²) in [5, 5.41) is 12.1. The van der Waals surface area contributed by atoms with Gasteiger partial charge < -0.3 is 15.0 Å². The van der Waals surface area contributed by atoms with E-state index in [1.807, 2.05) is 6.92 Å². The highest BCUT2D eigenvalue weighted by Crippen LogP contribution is 2.20. The molecule has 2 N–H and O–H groups in total. The summed E-state index contributed by atoms with van der Waals surface area (Å²) in [5.74, 6) is -0.807. The zero-order valence-corrected chi connectivity index (χ0v) is 11.6. The van der Waals surface area contributed by atoms with Gasteiger partial charge in [-0.15, -0.1) is 0 Å². The first kappa shape index (κ1) is 14.3. The SMILES string of the molecule is CCCCC(Nc1nc2ccc(F)cc2n1C)C(=O)O. The number of hydrogen-bond donors (Lipinski definition) is 2. The summed E-state index contributed by atoms with van der Waals surface area (Å²) < 4.78 is 14.9. The number of aromatic nitrogens is 2. The average molecular weight is 279 g/mol. The maximum atomic E-state index is 13.2. The third-order valence-corrected chi connectivity index (χ3v) is 3.29. The number of carboxylic acids is 1. The van der Waals surface area contributed by atoms with Crippen molar-refractivity contribution in [2.45, 2.75) is 32.2 Å². The van der Waals surface area contributed by atoms with Gasteiger partial charge >= 0.3 is 5.97 Å². The Bertz CT molecular complexity index is 624. The molecular formula is C14H18FN3O2. The van der Waals surface area contributed by atoms with Gasteiger partial charge in [0.15, 0.2) is 0 Å². The maximum Gasteiger partial charge on any atom is 0.326 e. The molecule has 0 fully saturated rings. The molecule has 0 spiro atoms. The molecule has 0 amide bonds. The van der Waals surface area contributed by atoms with E-state index >= 15 is 0 Å². The lowest BCUT2D eigenvalue weighted by atomic mass is 10.1. The van der Waals surface area contributed by atoms with Gasteiger partial charge in [0.05, 0.1) is 11.0 Å². The lowest BCUT2D eigenvalue weighted by Crippen LogP contribution is -2.30. The minimum absolute atomic E-state index is 0.340. The summed E-state index contributed by atoms with van der Waals surface area (Å²) in [6, 6.07) is 3.62. The van der Waals surface area contributed by atoms with E-state index in [0.29, 0.717) is 23.4 Å². The Hall–Kier alpha value is -2.11. The minimum atomic E-state index is -0.906. The van der Waals surface area contributed by atoms with Crippen molar-refractivity contribution in [1.82, 2.24) is 9.55 Å². The fraction of sp³-hybridized carbons (Fsp3) is 0.429. The molecule has 6 heteroatoms. The van der Waals surface area contributed by atoms with Crippen molar-refractivity contribution in [2.75, 3.05) is 5.32 Å². The van der Waals surface area contributed by atoms with Gasteiger partial charge in [0.2, 0.25) is 5.95 Å². The first-order valence-electron chi connectivity index (χ1n) is 6.64. The highest BCUT2D eigenvalue weighted by molar-refractivity contribution is 5.81. The van der Waals surface area contributed by atoms with Crippen LogP contribution >= 0.6 is 0 Å². The van der Waals surface area contributed by atoms with Gasteiger partial charge in [0.25, 0.3) is 0 Å². The molecular weight excluding hydrogens is 261 g/mol. The van der Waals surface area contributed by atoms with Gasteiger partial charge in [-0.3, -0.25) is 0 Å². The predicted molar refractivity (Wildman–Crippen MR) is 75.2 cm³/mol. The summed E-state index contributed by atoms with van der Waals surface area (Å²) in [6.45, 7) is 2.01. The van der Waals surface area contributed by atoms with Crippen molar-refractivity contribution < 1.29 is 14.3 Å². The zero-order valence-electron chi connectivity index (χ0n) is 11.6. The summed E-state index contributed by atoms with van der Waals surface area (Å²) in [6.07, 6.45) is 2.28. The van der Waals surface area contributed by atoms with E-state index in [1.165, 1.54) is 12.1 Å². The quantitative estimate of drug-likeness (QED) is 0.853. The van der Waals surface area contributed by atoms with E-state index in [4.69, 9.17) is 0 Å². The normalized spacial score (nSPS) is 12.6. The van der Waals surface area contributed by atoms with Crippen LogP contribution in [0.25, 0.3) is 11.0 Å². The first-order chi connectivity index (χ1) is 9.52.